The van der Waals surface area contributed by atoms with Crippen LogP contribution in [0.5, 0.6) is 11.5 Å². The molecule has 0 aliphatic rings. The van der Waals surface area contributed by atoms with Crippen molar-refractivity contribution >= 4 is 23.3 Å². The van der Waals surface area contributed by atoms with E-state index < -0.39 is 16.5 Å². The first kappa shape index (κ1) is 24.6. The van der Waals surface area contributed by atoms with Crippen molar-refractivity contribution in [2.45, 2.75) is 32.8 Å². The third-order valence-electron chi connectivity index (χ3n) is 4.25. The van der Waals surface area contributed by atoms with Crippen LogP contribution in [0.15, 0.2) is 24.5 Å². The lowest BCUT2D eigenvalue weighted by Crippen LogP contribution is -2.33. The number of carbonyl (C=O) groups is 1. The summed E-state index contributed by atoms with van der Waals surface area (Å²) in [6, 6.07) is 5.48. The fourth-order valence-corrected chi connectivity index (χ4v) is 2.92. The molecule has 1 N–H and O–H groups in total. The summed E-state index contributed by atoms with van der Waals surface area (Å²) in [5, 5.41) is 14.8. The molecule has 0 fully saturated rings. The Bertz CT molecular complexity index is 938. The van der Waals surface area contributed by atoms with E-state index >= 15 is 0 Å². The van der Waals surface area contributed by atoms with Crippen molar-refractivity contribution in [3.05, 3.63) is 40.2 Å². The second-order valence-corrected chi connectivity index (χ2v) is 7.99. The number of aromatic nitrogens is 2. The number of nitrogens with one attached hydrogen (secondary N) is 1. The first-order chi connectivity index (χ1) is 15.0. The normalized spacial score (nSPS) is 10.9. The van der Waals surface area contributed by atoms with E-state index in [9.17, 15) is 14.9 Å². The molecule has 0 aliphatic carbocycles. The number of hydrogen-bond acceptors (Lipinski definition) is 10. The standard InChI is InChI=1S/C21H29N5O6/c1-21(2,3)32-17(27)12-25(4)20-18(26(28)29)19(23-13-24-20)22-8-7-14-9-15(30-5)11-16(10-14)31-6/h9-11,13H,7-8,12H2,1-6H3,(H,22,23,24). The summed E-state index contributed by atoms with van der Waals surface area (Å²) >= 11 is 0. The summed E-state index contributed by atoms with van der Waals surface area (Å²) in [7, 11) is 4.66. The third kappa shape index (κ3) is 6.96. The second kappa shape index (κ2) is 10.6. The number of rotatable bonds is 10. The van der Waals surface area contributed by atoms with Crippen LogP contribution in [0, 0.1) is 10.1 Å². The molecule has 11 nitrogen and oxygen atoms in total. The quantitative estimate of drug-likeness (QED) is 0.330. The van der Waals surface area contributed by atoms with Crippen molar-refractivity contribution in [3.8, 4) is 11.5 Å². The maximum absolute atomic E-state index is 12.1. The van der Waals surface area contributed by atoms with Crippen LogP contribution >= 0.6 is 0 Å². The number of ether oxygens (including phenoxy) is 3. The zero-order valence-electron chi connectivity index (χ0n) is 19.2. The molecule has 174 valence electrons. The van der Waals surface area contributed by atoms with E-state index in [4.69, 9.17) is 14.2 Å². The number of likely N-dealkylation sites (N-methyl/N-ethyl adjacent to an activating group) is 1. The summed E-state index contributed by atoms with van der Waals surface area (Å²) in [6.45, 7) is 5.41. The van der Waals surface area contributed by atoms with Gasteiger partial charge in [0.15, 0.2) is 0 Å². The van der Waals surface area contributed by atoms with Gasteiger partial charge < -0.3 is 24.4 Å². The number of hydrogen-bond donors (Lipinski definition) is 1. The average Bonchev–Trinajstić information content (AvgIpc) is 2.71. The van der Waals surface area contributed by atoms with Crippen LogP contribution in [0.4, 0.5) is 17.3 Å². The molecular weight excluding hydrogens is 418 g/mol. The van der Waals surface area contributed by atoms with Crippen LogP contribution in [-0.4, -0.2) is 60.8 Å². The highest BCUT2D eigenvalue weighted by Gasteiger charge is 2.27. The maximum atomic E-state index is 12.1. The molecule has 2 rings (SSSR count). The van der Waals surface area contributed by atoms with Gasteiger partial charge in [0, 0.05) is 19.7 Å². The molecule has 0 amide bonds. The molecule has 0 unspecified atom stereocenters. The zero-order chi connectivity index (χ0) is 23.9. The lowest BCUT2D eigenvalue weighted by Gasteiger charge is -2.23. The average molecular weight is 447 g/mol. The molecule has 0 saturated carbocycles. The molecule has 1 heterocycles. The SMILES string of the molecule is COc1cc(CCNc2ncnc(N(C)CC(=O)OC(C)(C)C)c2[N+](=O)[O-])cc(OC)c1. The van der Waals surface area contributed by atoms with Crippen molar-refractivity contribution in [2.24, 2.45) is 0 Å². The largest absolute Gasteiger partial charge is 0.497 e. The van der Waals surface area contributed by atoms with E-state index in [1.54, 1.807) is 41.1 Å². The number of methoxy groups -OCH3 is 2. The Morgan fingerprint density at radius 2 is 1.78 bits per heavy atom. The number of anilines is 2. The molecule has 32 heavy (non-hydrogen) atoms. The Morgan fingerprint density at radius 3 is 2.31 bits per heavy atom. The molecule has 2 aromatic rings. The highest BCUT2D eigenvalue weighted by atomic mass is 16.6. The van der Waals surface area contributed by atoms with Gasteiger partial charge >= 0.3 is 11.7 Å². The highest BCUT2D eigenvalue weighted by molar-refractivity contribution is 5.78. The van der Waals surface area contributed by atoms with Gasteiger partial charge in [-0.05, 0) is 44.9 Å². The first-order valence-corrected chi connectivity index (χ1v) is 9.92. The minimum Gasteiger partial charge on any atom is -0.497 e. The summed E-state index contributed by atoms with van der Waals surface area (Å²) in [5.41, 5.74) is -0.0557. The van der Waals surface area contributed by atoms with Gasteiger partial charge in [0.2, 0.25) is 11.6 Å². The summed E-state index contributed by atoms with van der Waals surface area (Å²) < 4.78 is 15.8. The van der Waals surface area contributed by atoms with Gasteiger partial charge in [-0.2, -0.15) is 0 Å². The van der Waals surface area contributed by atoms with Crippen molar-refractivity contribution < 1.29 is 23.9 Å². The van der Waals surface area contributed by atoms with Gasteiger partial charge in [-0.1, -0.05) is 0 Å². The van der Waals surface area contributed by atoms with Gasteiger partial charge in [-0.15, -0.1) is 0 Å². The molecule has 0 aliphatic heterocycles. The molecule has 1 aromatic carbocycles. The van der Waals surface area contributed by atoms with Crippen molar-refractivity contribution in [1.29, 1.82) is 0 Å². The highest BCUT2D eigenvalue weighted by Crippen LogP contribution is 2.31. The maximum Gasteiger partial charge on any atom is 0.353 e. The summed E-state index contributed by atoms with van der Waals surface area (Å²) in [4.78, 5) is 32.7. The van der Waals surface area contributed by atoms with Crippen molar-refractivity contribution in [2.75, 3.05) is 44.6 Å². The lowest BCUT2D eigenvalue weighted by atomic mass is 10.1. The van der Waals surface area contributed by atoms with Gasteiger partial charge in [0.05, 0.1) is 19.1 Å². The predicted octanol–water partition coefficient (Wildman–Crippen LogP) is 2.83. The van der Waals surface area contributed by atoms with E-state index in [1.165, 1.54) is 18.3 Å². The topological polar surface area (TPSA) is 129 Å². The second-order valence-electron chi connectivity index (χ2n) is 7.99. The van der Waals surface area contributed by atoms with Gasteiger partial charge in [0.25, 0.3) is 0 Å². The third-order valence-corrected chi connectivity index (χ3v) is 4.25. The minimum absolute atomic E-state index is 0.0152. The summed E-state index contributed by atoms with van der Waals surface area (Å²) in [6.07, 6.45) is 1.75. The van der Waals surface area contributed by atoms with E-state index in [2.05, 4.69) is 15.3 Å². The first-order valence-electron chi connectivity index (χ1n) is 9.92. The monoisotopic (exact) mass is 447 g/mol. The molecule has 0 atom stereocenters. The molecule has 0 spiro atoms. The molecule has 11 heteroatoms. The molecular formula is C21H29N5O6. The number of benzene rings is 1. The number of esters is 1. The Kier molecular flexibility index (Phi) is 8.16. The Labute approximate surface area is 186 Å². The number of nitrogens with zero attached hydrogens (tertiary/aromatic N) is 4. The molecule has 0 saturated heterocycles. The fraction of sp³-hybridized carbons (Fsp3) is 0.476. The smallest absolute Gasteiger partial charge is 0.353 e. The van der Waals surface area contributed by atoms with Crippen molar-refractivity contribution in [3.63, 3.8) is 0 Å². The van der Waals surface area contributed by atoms with E-state index in [0.29, 0.717) is 24.5 Å². The van der Waals surface area contributed by atoms with Gasteiger partial charge in [-0.25, -0.2) is 9.97 Å². The number of nitro groups is 1. The predicted molar refractivity (Wildman–Crippen MR) is 120 cm³/mol. The van der Waals surface area contributed by atoms with Crippen LogP contribution in [0.3, 0.4) is 0 Å². The van der Waals surface area contributed by atoms with Gasteiger partial charge in [0.1, 0.15) is 30.0 Å². The minimum atomic E-state index is -0.662. The Balaban J connectivity index is 2.16. The zero-order valence-corrected chi connectivity index (χ0v) is 19.2. The summed E-state index contributed by atoms with van der Waals surface area (Å²) in [5.74, 6) is 0.860. The van der Waals surface area contributed by atoms with Crippen LogP contribution in [0.25, 0.3) is 0 Å². The van der Waals surface area contributed by atoms with E-state index in [-0.39, 0.29) is 23.9 Å². The van der Waals surface area contributed by atoms with Crippen LogP contribution in [0.2, 0.25) is 0 Å². The Hall–Kier alpha value is -3.63. The Morgan fingerprint density at radius 1 is 1.16 bits per heavy atom. The molecule has 1 aromatic heterocycles. The van der Waals surface area contributed by atoms with E-state index in [1.807, 2.05) is 12.1 Å². The van der Waals surface area contributed by atoms with Crippen LogP contribution < -0.4 is 19.7 Å². The molecule has 0 radical (unpaired) electrons. The van der Waals surface area contributed by atoms with Crippen molar-refractivity contribution in [1.82, 2.24) is 9.97 Å². The van der Waals surface area contributed by atoms with Gasteiger partial charge in [-0.3, -0.25) is 14.9 Å². The number of carbonyl (C=O) groups excluding carboxylic acids is 1. The lowest BCUT2D eigenvalue weighted by molar-refractivity contribution is -0.383. The fourth-order valence-electron chi connectivity index (χ4n) is 2.92. The van der Waals surface area contributed by atoms with Crippen LogP contribution in [0.1, 0.15) is 26.3 Å². The van der Waals surface area contributed by atoms with Crippen LogP contribution in [-0.2, 0) is 16.0 Å². The molecule has 0 bridgehead atoms. The van der Waals surface area contributed by atoms with E-state index in [0.717, 1.165) is 5.56 Å².